The van der Waals surface area contributed by atoms with Crippen LogP contribution in [0.4, 0.5) is 18.9 Å². The van der Waals surface area contributed by atoms with E-state index in [1.54, 1.807) is 0 Å². The number of ether oxygens (including phenoxy) is 1. The third-order valence-electron chi connectivity index (χ3n) is 3.71. The van der Waals surface area contributed by atoms with E-state index in [4.69, 9.17) is 27.9 Å². The van der Waals surface area contributed by atoms with Gasteiger partial charge in [0.1, 0.15) is 5.75 Å². The molecule has 0 aliphatic rings. The fourth-order valence-corrected chi connectivity index (χ4v) is 3.92. The van der Waals surface area contributed by atoms with Crippen molar-refractivity contribution < 1.29 is 31.1 Å². The van der Waals surface area contributed by atoms with Crippen LogP contribution in [0.1, 0.15) is 12.5 Å². The average Bonchev–Trinajstić information content (AvgIpc) is 2.62. The van der Waals surface area contributed by atoms with Crippen molar-refractivity contribution in [3.8, 4) is 5.75 Å². The first kappa shape index (κ1) is 23.3. The minimum atomic E-state index is -4.63. The number of anilines is 1. The highest BCUT2D eigenvalue weighted by molar-refractivity contribution is 7.89. The number of alkyl halides is 3. The Labute approximate surface area is 175 Å². The molecule has 0 unspecified atom stereocenters. The van der Waals surface area contributed by atoms with E-state index in [2.05, 4.69) is 10.0 Å². The number of hydrogen-bond acceptors (Lipinski definition) is 4. The second-order valence-corrected chi connectivity index (χ2v) is 8.35. The summed E-state index contributed by atoms with van der Waals surface area (Å²) in [4.78, 5) is 12.1. The summed E-state index contributed by atoms with van der Waals surface area (Å²) in [6.07, 6.45) is -4.63. The first-order valence-electron chi connectivity index (χ1n) is 7.88. The van der Waals surface area contributed by atoms with E-state index in [1.807, 2.05) is 0 Å². The highest BCUT2D eigenvalue weighted by atomic mass is 35.5. The van der Waals surface area contributed by atoms with Gasteiger partial charge in [0.05, 0.1) is 39.3 Å². The molecule has 6 nitrogen and oxygen atoms in total. The maximum atomic E-state index is 12.8. The van der Waals surface area contributed by atoms with Crippen molar-refractivity contribution in [3.05, 3.63) is 52.0 Å². The summed E-state index contributed by atoms with van der Waals surface area (Å²) in [7, 11) is -2.79. The van der Waals surface area contributed by atoms with Gasteiger partial charge in [0.25, 0.3) is 0 Å². The zero-order valence-electron chi connectivity index (χ0n) is 15.0. The van der Waals surface area contributed by atoms with Crippen molar-refractivity contribution in [1.82, 2.24) is 4.72 Å². The highest BCUT2D eigenvalue weighted by Crippen LogP contribution is 2.34. The van der Waals surface area contributed by atoms with Crippen LogP contribution in [0.25, 0.3) is 0 Å². The molecule has 0 saturated heterocycles. The molecule has 2 N–H and O–H groups in total. The fourth-order valence-electron chi connectivity index (χ4n) is 2.21. The van der Waals surface area contributed by atoms with Crippen molar-refractivity contribution in [2.24, 2.45) is 0 Å². The van der Waals surface area contributed by atoms with Crippen LogP contribution in [0.2, 0.25) is 10.0 Å². The Morgan fingerprint density at radius 2 is 1.76 bits per heavy atom. The number of rotatable bonds is 6. The Hall–Kier alpha value is -2.01. The van der Waals surface area contributed by atoms with Gasteiger partial charge in [-0.1, -0.05) is 23.2 Å². The quantitative estimate of drug-likeness (QED) is 0.657. The van der Waals surface area contributed by atoms with E-state index < -0.39 is 33.7 Å². The summed E-state index contributed by atoms with van der Waals surface area (Å²) < 4.78 is 70.4. The van der Waals surface area contributed by atoms with Crippen LogP contribution in [0.5, 0.6) is 5.75 Å². The van der Waals surface area contributed by atoms with Crippen LogP contribution in [0, 0.1) is 0 Å². The van der Waals surface area contributed by atoms with Crippen molar-refractivity contribution in [2.45, 2.75) is 24.0 Å². The molecule has 0 aliphatic carbocycles. The Kier molecular flexibility index (Phi) is 7.05. The largest absolute Gasteiger partial charge is 0.495 e. The molecular formula is C17H15Cl2F3N2O4S. The summed E-state index contributed by atoms with van der Waals surface area (Å²) >= 11 is 11.7. The van der Waals surface area contributed by atoms with Gasteiger partial charge in [0.15, 0.2) is 0 Å². The van der Waals surface area contributed by atoms with Crippen molar-refractivity contribution in [1.29, 1.82) is 0 Å². The molecule has 158 valence electrons. The summed E-state index contributed by atoms with van der Waals surface area (Å²) in [6.45, 7) is 1.22. The highest BCUT2D eigenvalue weighted by Gasteiger charge is 2.31. The number of halogens is 5. The summed E-state index contributed by atoms with van der Waals surface area (Å²) in [6, 6.07) is 4.77. The molecule has 0 saturated carbocycles. The molecule has 0 aliphatic heterocycles. The summed E-state index contributed by atoms with van der Waals surface area (Å²) in [5.41, 5.74) is -1.32. The van der Waals surface area contributed by atoms with E-state index >= 15 is 0 Å². The number of nitrogens with one attached hydrogen (secondary N) is 2. The Bertz CT molecular complexity index is 1030. The van der Waals surface area contributed by atoms with Gasteiger partial charge < -0.3 is 10.1 Å². The lowest BCUT2D eigenvalue weighted by atomic mass is 10.2. The molecule has 2 aromatic carbocycles. The van der Waals surface area contributed by atoms with E-state index in [0.717, 1.165) is 18.2 Å². The van der Waals surface area contributed by atoms with Crippen molar-refractivity contribution in [2.75, 3.05) is 12.4 Å². The molecule has 0 bridgehead atoms. The van der Waals surface area contributed by atoms with Crippen molar-refractivity contribution in [3.63, 3.8) is 0 Å². The number of amides is 1. The normalized spacial score (nSPS) is 13.1. The number of benzene rings is 2. The second kappa shape index (κ2) is 8.78. The first-order valence-corrected chi connectivity index (χ1v) is 10.1. The average molecular weight is 471 g/mol. The lowest BCUT2D eigenvalue weighted by Gasteiger charge is -2.16. The summed E-state index contributed by atoms with van der Waals surface area (Å²) in [5.74, 6) is -0.648. The molecule has 0 aromatic heterocycles. The zero-order chi connectivity index (χ0) is 22.0. The van der Waals surface area contributed by atoms with Gasteiger partial charge in [-0.25, -0.2) is 8.42 Å². The molecule has 29 heavy (non-hydrogen) atoms. The summed E-state index contributed by atoms with van der Waals surface area (Å²) in [5, 5.41) is 2.09. The molecule has 1 amide bonds. The predicted molar refractivity (Wildman–Crippen MR) is 103 cm³/mol. The Morgan fingerprint density at radius 1 is 1.10 bits per heavy atom. The van der Waals surface area contributed by atoms with Gasteiger partial charge in [-0.3, -0.25) is 4.79 Å². The van der Waals surface area contributed by atoms with Gasteiger partial charge in [-0.05, 0) is 43.3 Å². The van der Waals surface area contributed by atoms with Gasteiger partial charge >= 0.3 is 6.18 Å². The second-order valence-electron chi connectivity index (χ2n) is 5.82. The van der Waals surface area contributed by atoms with Crippen molar-refractivity contribution >= 4 is 44.8 Å². The number of methoxy groups -OCH3 is 1. The number of carbonyl (C=O) groups is 1. The third-order valence-corrected chi connectivity index (χ3v) is 5.87. The number of sulfonamides is 1. The lowest BCUT2D eigenvalue weighted by molar-refractivity contribution is -0.137. The van der Waals surface area contributed by atoms with Gasteiger partial charge in [-0.2, -0.15) is 17.9 Å². The van der Waals surface area contributed by atoms with E-state index in [-0.39, 0.29) is 26.4 Å². The maximum Gasteiger partial charge on any atom is 0.416 e. The van der Waals surface area contributed by atoms with Crippen LogP contribution in [-0.4, -0.2) is 27.5 Å². The minimum Gasteiger partial charge on any atom is -0.495 e. The van der Waals surface area contributed by atoms with Gasteiger partial charge in [0.2, 0.25) is 15.9 Å². The van der Waals surface area contributed by atoms with Crippen LogP contribution < -0.4 is 14.8 Å². The standard InChI is InChI=1S/C17H15Cl2F3N2O4S/c1-9(24-29(26,27)11-4-6-15(28-2)13(19)8-11)16(25)23-14-7-10(17(20,21)22)3-5-12(14)18/h3-9,24H,1-2H3,(H,23,25)/t9-/m0/s1. The molecule has 0 spiro atoms. The molecule has 0 fully saturated rings. The number of carbonyl (C=O) groups excluding carboxylic acids is 1. The van der Waals surface area contributed by atoms with Crippen LogP contribution >= 0.6 is 23.2 Å². The monoisotopic (exact) mass is 470 g/mol. The lowest BCUT2D eigenvalue weighted by Crippen LogP contribution is -2.41. The SMILES string of the molecule is COc1ccc(S(=O)(=O)N[C@@H](C)C(=O)Nc2cc(C(F)(F)F)ccc2Cl)cc1Cl. The predicted octanol–water partition coefficient (Wildman–Crippen LogP) is 4.33. The Balaban J connectivity index is 2.18. The third kappa shape index (κ3) is 5.75. The molecular weight excluding hydrogens is 456 g/mol. The van der Waals surface area contributed by atoms with Crippen LogP contribution in [0.15, 0.2) is 41.3 Å². The molecule has 1 atom stereocenters. The van der Waals surface area contributed by atoms with E-state index in [1.165, 1.54) is 26.2 Å². The fraction of sp³-hybridized carbons (Fsp3) is 0.235. The van der Waals surface area contributed by atoms with Gasteiger partial charge in [-0.15, -0.1) is 0 Å². The van der Waals surface area contributed by atoms with E-state index in [9.17, 15) is 26.4 Å². The van der Waals surface area contributed by atoms with E-state index in [0.29, 0.717) is 6.07 Å². The Morgan fingerprint density at radius 3 is 2.31 bits per heavy atom. The molecule has 2 aromatic rings. The maximum absolute atomic E-state index is 12.8. The zero-order valence-corrected chi connectivity index (χ0v) is 17.3. The number of hydrogen-bond donors (Lipinski definition) is 2. The smallest absolute Gasteiger partial charge is 0.416 e. The topological polar surface area (TPSA) is 84.5 Å². The first-order chi connectivity index (χ1) is 13.3. The molecule has 0 heterocycles. The molecule has 2 rings (SSSR count). The van der Waals surface area contributed by atoms with Crippen LogP contribution in [-0.2, 0) is 21.0 Å². The van der Waals surface area contributed by atoms with Crippen LogP contribution in [0.3, 0.4) is 0 Å². The molecule has 12 heteroatoms. The molecule has 0 radical (unpaired) electrons. The van der Waals surface area contributed by atoms with Gasteiger partial charge in [0, 0.05) is 0 Å². The minimum absolute atomic E-state index is 0.0447.